The van der Waals surface area contributed by atoms with E-state index in [2.05, 4.69) is 10.6 Å². The van der Waals surface area contributed by atoms with Gasteiger partial charge >= 0.3 is 6.03 Å². The molecule has 122 valence electrons. The molecule has 2 N–H and O–H groups in total. The van der Waals surface area contributed by atoms with E-state index >= 15 is 0 Å². The first-order chi connectivity index (χ1) is 11.1. The van der Waals surface area contributed by atoms with E-state index in [0.29, 0.717) is 6.42 Å². The third-order valence-corrected chi connectivity index (χ3v) is 4.31. The van der Waals surface area contributed by atoms with E-state index in [1.165, 1.54) is 0 Å². The van der Waals surface area contributed by atoms with Crippen molar-refractivity contribution in [3.05, 3.63) is 35.9 Å². The quantitative estimate of drug-likeness (QED) is 0.781. The van der Waals surface area contributed by atoms with Crippen LogP contribution in [0.1, 0.15) is 38.2 Å². The second-order valence-corrected chi connectivity index (χ2v) is 6.18. The van der Waals surface area contributed by atoms with Gasteiger partial charge in [0.25, 0.3) is 5.91 Å². The maximum atomic E-state index is 12.9. The minimum absolute atomic E-state index is 0.206. The molecule has 23 heavy (non-hydrogen) atoms. The summed E-state index contributed by atoms with van der Waals surface area (Å²) in [6.07, 6.45) is 3.18. The Balaban J connectivity index is 1.83. The van der Waals surface area contributed by atoms with Crippen LogP contribution in [0.3, 0.4) is 0 Å². The van der Waals surface area contributed by atoms with E-state index in [9.17, 15) is 14.4 Å². The number of urea groups is 1. The second-order valence-electron chi connectivity index (χ2n) is 6.18. The standard InChI is InChI=1S/C17H21N3O3/c1-2-10-17(12-6-4-3-5-7-12)15(22)20(16(23)19-17)11-14(21)18-13-8-9-13/h3-7,13H,2,8-11H2,1H3,(H,18,21)(H,19,23)/t17-/m0/s1. The number of hydrogen-bond acceptors (Lipinski definition) is 3. The lowest BCUT2D eigenvalue weighted by molar-refractivity contribution is -0.135. The van der Waals surface area contributed by atoms with Gasteiger partial charge in [-0.1, -0.05) is 43.7 Å². The average molecular weight is 315 g/mol. The first-order valence-corrected chi connectivity index (χ1v) is 8.06. The van der Waals surface area contributed by atoms with Gasteiger partial charge in [0.2, 0.25) is 5.91 Å². The van der Waals surface area contributed by atoms with Gasteiger partial charge < -0.3 is 10.6 Å². The van der Waals surface area contributed by atoms with Crippen LogP contribution in [0.5, 0.6) is 0 Å². The molecule has 0 bridgehead atoms. The molecule has 3 rings (SSSR count). The van der Waals surface area contributed by atoms with Gasteiger partial charge in [-0.3, -0.25) is 14.5 Å². The average Bonchev–Trinajstić information content (AvgIpc) is 3.32. The monoisotopic (exact) mass is 315 g/mol. The van der Waals surface area contributed by atoms with Gasteiger partial charge in [-0.2, -0.15) is 0 Å². The van der Waals surface area contributed by atoms with Crippen molar-refractivity contribution >= 4 is 17.8 Å². The number of rotatable bonds is 6. The van der Waals surface area contributed by atoms with Crippen LogP contribution in [0.25, 0.3) is 0 Å². The Hall–Kier alpha value is -2.37. The summed E-state index contributed by atoms with van der Waals surface area (Å²) in [5, 5.41) is 5.62. The van der Waals surface area contributed by atoms with Crippen LogP contribution in [-0.2, 0) is 15.1 Å². The number of benzene rings is 1. The number of nitrogens with zero attached hydrogens (tertiary/aromatic N) is 1. The maximum absolute atomic E-state index is 12.9. The number of hydrogen-bond donors (Lipinski definition) is 2. The Morgan fingerprint density at radius 3 is 2.61 bits per heavy atom. The molecule has 0 radical (unpaired) electrons. The SMILES string of the molecule is CCC[C@@]1(c2ccccc2)NC(=O)N(CC(=O)NC2CC2)C1=O. The Bertz CT molecular complexity index is 627. The maximum Gasteiger partial charge on any atom is 0.325 e. The van der Waals surface area contributed by atoms with Crippen molar-refractivity contribution < 1.29 is 14.4 Å². The molecule has 1 saturated carbocycles. The first-order valence-electron chi connectivity index (χ1n) is 8.06. The zero-order valence-electron chi connectivity index (χ0n) is 13.2. The third-order valence-electron chi connectivity index (χ3n) is 4.31. The van der Waals surface area contributed by atoms with Gasteiger partial charge in [0, 0.05) is 6.04 Å². The van der Waals surface area contributed by atoms with E-state index in [0.717, 1.165) is 29.7 Å². The van der Waals surface area contributed by atoms with Crippen molar-refractivity contribution in [3.8, 4) is 0 Å². The Morgan fingerprint density at radius 2 is 2.00 bits per heavy atom. The minimum atomic E-state index is -1.06. The van der Waals surface area contributed by atoms with Crippen molar-refractivity contribution in [2.75, 3.05) is 6.54 Å². The fourth-order valence-corrected chi connectivity index (χ4v) is 3.02. The minimum Gasteiger partial charge on any atom is -0.352 e. The molecule has 0 spiro atoms. The highest BCUT2D eigenvalue weighted by molar-refractivity contribution is 6.09. The molecule has 2 aliphatic rings. The molecule has 1 heterocycles. The summed E-state index contributed by atoms with van der Waals surface area (Å²) < 4.78 is 0. The van der Waals surface area contributed by atoms with Crippen LogP contribution in [0.4, 0.5) is 4.79 Å². The fraction of sp³-hybridized carbons (Fsp3) is 0.471. The van der Waals surface area contributed by atoms with Crippen LogP contribution in [-0.4, -0.2) is 35.3 Å². The summed E-state index contributed by atoms with van der Waals surface area (Å²) in [6.45, 7) is 1.74. The molecular weight excluding hydrogens is 294 g/mol. The predicted octanol–water partition coefficient (Wildman–Crippen LogP) is 1.51. The van der Waals surface area contributed by atoms with Crippen LogP contribution in [0, 0.1) is 0 Å². The smallest absolute Gasteiger partial charge is 0.325 e. The van der Waals surface area contributed by atoms with Gasteiger partial charge in [0.15, 0.2) is 0 Å². The van der Waals surface area contributed by atoms with Crippen LogP contribution in [0.2, 0.25) is 0 Å². The molecule has 1 aromatic rings. The molecule has 1 atom stereocenters. The van der Waals surface area contributed by atoms with Crippen molar-refractivity contribution in [1.29, 1.82) is 0 Å². The summed E-state index contributed by atoms with van der Waals surface area (Å²) in [4.78, 5) is 38.2. The highest BCUT2D eigenvalue weighted by Gasteiger charge is 2.52. The van der Waals surface area contributed by atoms with E-state index < -0.39 is 11.6 Å². The second kappa shape index (κ2) is 6.02. The highest BCUT2D eigenvalue weighted by atomic mass is 16.2. The van der Waals surface area contributed by atoms with Crippen molar-refractivity contribution in [2.45, 2.75) is 44.2 Å². The number of amides is 4. The van der Waals surface area contributed by atoms with Gasteiger partial charge in [0.05, 0.1) is 0 Å². The normalized spacial score (nSPS) is 23.8. The van der Waals surface area contributed by atoms with Gasteiger partial charge in [-0.05, 0) is 24.8 Å². The van der Waals surface area contributed by atoms with Gasteiger partial charge in [-0.15, -0.1) is 0 Å². The number of nitrogens with one attached hydrogen (secondary N) is 2. The van der Waals surface area contributed by atoms with Gasteiger partial charge in [-0.25, -0.2) is 4.79 Å². The Kier molecular flexibility index (Phi) is 4.07. The number of imide groups is 1. The molecule has 2 fully saturated rings. The largest absolute Gasteiger partial charge is 0.352 e. The van der Waals surface area contributed by atoms with Crippen LogP contribution in [0.15, 0.2) is 30.3 Å². The molecule has 0 unspecified atom stereocenters. The van der Waals surface area contributed by atoms with Crippen LogP contribution < -0.4 is 10.6 Å². The fourth-order valence-electron chi connectivity index (χ4n) is 3.02. The lowest BCUT2D eigenvalue weighted by Crippen LogP contribution is -2.45. The lowest BCUT2D eigenvalue weighted by atomic mass is 9.85. The van der Waals surface area contributed by atoms with Crippen molar-refractivity contribution in [3.63, 3.8) is 0 Å². The van der Waals surface area contributed by atoms with Gasteiger partial charge in [0.1, 0.15) is 12.1 Å². The van der Waals surface area contributed by atoms with E-state index in [4.69, 9.17) is 0 Å². The van der Waals surface area contributed by atoms with E-state index in [1.54, 1.807) is 0 Å². The molecule has 1 aliphatic heterocycles. The molecule has 1 saturated heterocycles. The Morgan fingerprint density at radius 1 is 1.30 bits per heavy atom. The summed E-state index contributed by atoms with van der Waals surface area (Å²) in [5.74, 6) is -0.627. The lowest BCUT2D eigenvalue weighted by Gasteiger charge is -2.26. The van der Waals surface area contributed by atoms with Crippen LogP contribution >= 0.6 is 0 Å². The summed E-state index contributed by atoms with van der Waals surface area (Å²) >= 11 is 0. The summed E-state index contributed by atoms with van der Waals surface area (Å²) in [7, 11) is 0. The third kappa shape index (κ3) is 2.93. The molecule has 1 aliphatic carbocycles. The zero-order chi connectivity index (χ0) is 16.4. The molecule has 4 amide bonds. The zero-order valence-corrected chi connectivity index (χ0v) is 13.2. The molecule has 6 heteroatoms. The number of carbonyl (C=O) groups excluding carboxylic acids is 3. The molecule has 0 aromatic heterocycles. The number of carbonyl (C=O) groups is 3. The van der Waals surface area contributed by atoms with E-state index in [1.807, 2.05) is 37.3 Å². The highest BCUT2D eigenvalue weighted by Crippen LogP contribution is 2.33. The molecule has 1 aromatic carbocycles. The van der Waals surface area contributed by atoms with Crippen molar-refractivity contribution in [2.24, 2.45) is 0 Å². The van der Waals surface area contributed by atoms with E-state index in [-0.39, 0.29) is 24.4 Å². The Labute approximate surface area is 135 Å². The molecule has 6 nitrogen and oxygen atoms in total. The summed E-state index contributed by atoms with van der Waals surface area (Å²) in [5.41, 5.74) is -0.308. The predicted molar refractivity (Wildman–Crippen MR) is 84.4 cm³/mol. The van der Waals surface area contributed by atoms with Crippen molar-refractivity contribution in [1.82, 2.24) is 15.5 Å². The first kappa shape index (κ1) is 15.5. The molecular formula is C17H21N3O3. The summed E-state index contributed by atoms with van der Waals surface area (Å²) in [6, 6.07) is 8.92. The topological polar surface area (TPSA) is 78.5 Å².